The molecular weight excluding hydrogens is 681 g/mol. The molecule has 4 aromatic rings. The molecule has 0 aliphatic carbocycles. The maximum atomic E-state index is 13.9. The Hall–Kier alpha value is -5.18. The zero-order valence-electron chi connectivity index (χ0n) is 31.7. The summed E-state index contributed by atoms with van der Waals surface area (Å²) in [5, 5.41) is 0. The molecule has 0 bridgehead atoms. The second kappa shape index (κ2) is 14.6. The molecular formula is C42H50N8O4. The quantitative estimate of drug-likeness (QED) is 0.231. The van der Waals surface area contributed by atoms with E-state index >= 15 is 0 Å². The lowest BCUT2D eigenvalue weighted by Crippen LogP contribution is -2.51. The average Bonchev–Trinajstić information content (AvgIpc) is 4.00. The molecule has 12 nitrogen and oxygen atoms in total. The summed E-state index contributed by atoms with van der Waals surface area (Å²) in [6.45, 7) is 10.7. The SMILES string of the molecule is CC(C)[C@@H](C(=O)N1CCC[C@H]1c1nc2ccc(C#Cc3ccc4nc([C@@H]5CCCN5C(=O)[C@H](C(C)C)N5CCCC5=O)[nH]c4c3)cc2[nH]1)N1CCCC1=O. The van der Waals surface area contributed by atoms with E-state index in [0.29, 0.717) is 39.0 Å². The first kappa shape index (κ1) is 35.8. The van der Waals surface area contributed by atoms with Crippen LogP contribution in [0, 0.1) is 23.7 Å². The Balaban J connectivity index is 0.982. The lowest BCUT2D eigenvalue weighted by Gasteiger charge is -2.35. The van der Waals surface area contributed by atoms with Crippen molar-refractivity contribution in [3.63, 3.8) is 0 Å². The van der Waals surface area contributed by atoms with Gasteiger partial charge in [0.25, 0.3) is 0 Å². The van der Waals surface area contributed by atoms with Crippen molar-refractivity contribution in [2.24, 2.45) is 11.8 Å². The monoisotopic (exact) mass is 730 g/mol. The molecule has 2 aromatic carbocycles. The smallest absolute Gasteiger partial charge is 0.246 e. The van der Waals surface area contributed by atoms with E-state index in [4.69, 9.17) is 9.97 Å². The van der Waals surface area contributed by atoms with Gasteiger partial charge in [-0.1, -0.05) is 39.5 Å². The molecule has 0 unspecified atom stereocenters. The largest absolute Gasteiger partial charge is 0.340 e. The van der Waals surface area contributed by atoms with Crippen LogP contribution in [0.15, 0.2) is 36.4 Å². The van der Waals surface area contributed by atoms with E-state index in [-0.39, 0.29) is 47.5 Å². The van der Waals surface area contributed by atoms with Gasteiger partial charge in [-0.25, -0.2) is 9.97 Å². The van der Waals surface area contributed by atoms with Crippen molar-refractivity contribution in [3.05, 3.63) is 59.2 Å². The second-order valence-electron chi connectivity index (χ2n) is 16.1. The number of hydrogen-bond donors (Lipinski definition) is 2. The molecule has 4 amide bonds. The van der Waals surface area contributed by atoms with Gasteiger partial charge in [0, 0.05) is 50.1 Å². The van der Waals surface area contributed by atoms with Crippen LogP contribution in [0.4, 0.5) is 0 Å². The third-order valence-electron chi connectivity index (χ3n) is 11.7. The van der Waals surface area contributed by atoms with E-state index in [2.05, 4.69) is 21.8 Å². The van der Waals surface area contributed by atoms with Crippen molar-refractivity contribution in [2.75, 3.05) is 26.2 Å². The van der Waals surface area contributed by atoms with Crippen molar-refractivity contribution >= 4 is 45.7 Å². The van der Waals surface area contributed by atoms with Crippen LogP contribution in [0.1, 0.15) is 114 Å². The third-order valence-corrected chi connectivity index (χ3v) is 11.7. The number of fused-ring (bicyclic) bond motifs is 2. The summed E-state index contributed by atoms with van der Waals surface area (Å²) in [6.07, 6.45) is 6.06. The lowest BCUT2D eigenvalue weighted by molar-refractivity contribution is -0.146. The molecule has 54 heavy (non-hydrogen) atoms. The summed E-state index contributed by atoms with van der Waals surface area (Å²) >= 11 is 0. The summed E-state index contributed by atoms with van der Waals surface area (Å²) in [6, 6.07) is 10.6. The van der Waals surface area contributed by atoms with Crippen molar-refractivity contribution in [1.82, 2.24) is 39.5 Å². The minimum atomic E-state index is -0.448. The summed E-state index contributed by atoms with van der Waals surface area (Å²) in [4.78, 5) is 77.2. The maximum Gasteiger partial charge on any atom is 0.246 e. The number of imidazole rings is 2. The fourth-order valence-electron chi connectivity index (χ4n) is 9.13. The van der Waals surface area contributed by atoms with Gasteiger partial charge >= 0.3 is 0 Å². The molecule has 0 spiro atoms. The number of aromatic amines is 2. The molecule has 12 heteroatoms. The fraction of sp³-hybridized carbons (Fsp3) is 0.524. The molecule has 4 aliphatic heterocycles. The number of benzene rings is 2. The predicted molar refractivity (Wildman–Crippen MR) is 205 cm³/mol. The second-order valence-corrected chi connectivity index (χ2v) is 16.1. The molecule has 282 valence electrons. The van der Waals surface area contributed by atoms with Gasteiger partial charge in [0.05, 0.1) is 34.2 Å². The highest BCUT2D eigenvalue weighted by molar-refractivity contribution is 5.90. The van der Waals surface area contributed by atoms with Gasteiger partial charge in [0.15, 0.2) is 0 Å². The number of rotatable bonds is 8. The Labute approximate surface area is 316 Å². The van der Waals surface area contributed by atoms with Crippen molar-refractivity contribution in [2.45, 2.75) is 103 Å². The van der Waals surface area contributed by atoms with Crippen LogP contribution < -0.4 is 0 Å². The molecule has 2 aromatic heterocycles. The van der Waals surface area contributed by atoms with Crippen LogP contribution in [0.25, 0.3) is 22.1 Å². The summed E-state index contributed by atoms with van der Waals surface area (Å²) in [5.74, 6) is 8.36. The number of carbonyl (C=O) groups is 4. The molecule has 4 saturated heterocycles. The van der Waals surface area contributed by atoms with Crippen molar-refractivity contribution in [1.29, 1.82) is 0 Å². The zero-order valence-corrected chi connectivity index (χ0v) is 31.7. The molecule has 4 aliphatic rings. The van der Waals surface area contributed by atoms with E-state index in [0.717, 1.165) is 83.4 Å². The van der Waals surface area contributed by atoms with Gasteiger partial charge in [0.2, 0.25) is 23.6 Å². The Bertz CT molecular complexity index is 2020. The Morgan fingerprint density at radius 2 is 1.07 bits per heavy atom. The number of hydrogen-bond acceptors (Lipinski definition) is 6. The molecule has 8 rings (SSSR count). The number of aromatic nitrogens is 4. The highest BCUT2D eigenvalue weighted by Crippen LogP contribution is 2.36. The van der Waals surface area contributed by atoms with E-state index in [9.17, 15) is 19.2 Å². The van der Waals surface area contributed by atoms with Crippen LogP contribution >= 0.6 is 0 Å². The normalized spacial score (nSPS) is 21.7. The van der Waals surface area contributed by atoms with E-state index in [1.165, 1.54) is 0 Å². The molecule has 4 atom stereocenters. The van der Waals surface area contributed by atoms with Gasteiger partial charge in [-0.3, -0.25) is 19.2 Å². The van der Waals surface area contributed by atoms with Gasteiger partial charge in [-0.05, 0) is 86.8 Å². The number of likely N-dealkylation sites (tertiary alicyclic amines) is 4. The topological polar surface area (TPSA) is 139 Å². The Kier molecular flexibility index (Phi) is 9.67. The van der Waals surface area contributed by atoms with E-state index in [1.807, 2.05) is 73.9 Å². The zero-order chi connectivity index (χ0) is 37.7. The van der Waals surface area contributed by atoms with E-state index in [1.54, 1.807) is 9.80 Å². The Morgan fingerprint density at radius 3 is 1.44 bits per heavy atom. The lowest BCUT2D eigenvalue weighted by atomic mass is 10.0. The minimum absolute atomic E-state index is 0.0140. The highest BCUT2D eigenvalue weighted by Gasteiger charge is 2.43. The minimum Gasteiger partial charge on any atom is -0.340 e. The van der Waals surface area contributed by atoms with Gasteiger partial charge in [-0.15, -0.1) is 0 Å². The van der Waals surface area contributed by atoms with Crippen LogP contribution in [0.2, 0.25) is 0 Å². The van der Waals surface area contributed by atoms with Crippen molar-refractivity contribution < 1.29 is 19.2 Å². The van der Waals surface area contributed by atoms with Gasteiger partial charge < -0.3 is 29.6 Å². The summed E-state index contributed by atoms with van der Waals surface area (Å²) < 4.78 is 0. The molecule has 0 radical (unpaired) electrons. The molecule has 6 heterocycles. The third kappa shape index (κ3) is 6.62. The van der Waals surface area contributed by atoms with Crippen molar-refractivity contribution in [3.8, 4) is 11.8 Å². The standard InChI is InChI=1S/C42H50N8O4/c1-25(2)37(49-21-7-11-35(49)51)41(53)47-19-5-9-33(47)39-43-29-17-15-27(23-31(29)45-39)13-14-28-16-18-30-32(24-28)46-40(44-30)34-10-6-20-48(34)42(54)38(26(3)4)50-22-8-12-36(50)52/h15-18,23-26,33-34,37-38H,5-12,19-22H2,1-4H3,(H,43,45)(H,44,46)/t33-,34-,37-,38-/m0/s1. The van der Waals surface area contributed by atoms with Crippen LogP contribution in [-0.2, 0) is 19.2 Å². The first-order valence-corrected chi connectivity index (χ1v) is 19.8. The van der Waals surface area contributed by atoms with Gasteiger partial charge in [-0.2, -0.15) is 0 Å². The maximum absolute atomic E-state index is 13.9. The predicted octanol–water partition coefficient (Wildman–Crippen LogP) is 5.46. The Morgan fingerprint density at radius 1 is 0.648 bits per heavy atom. The fourth-order valence-corrected chi connectivity index (χ4v) is 9.13. The number of nitrogens with zero attached hydrogens (tertiary/aromatic N) is 6. The summed E-state index contributed by atoms with van der Waals surface area (Å²) in [5.41, 5.74) is 5.05. The average molecular weight is 731 g/mol. The molecule has 0 saturated carbocycles. The molecule has 4 fully saturated rings. The number of amides is 4. The van der Waals surface area contributed by atoms with Crippen LogP contribution in [0.5, 0.6) is 0 Å². The first-order chi connectivity index (χ1) is 26.1. The summed E-state index contributed by atoms with van der Waals surface area (Å²) in [7, 11) is 0. The highest BCUT2D eigenvalue weighted by atomic mass is 16.2. The first-order valence-electron chi connectivity index (χ1n) is 19.8. The van der Waals surface area contributed by atoms with E-state index < -0.39 is 12.1 Å². The number of nitrogens with one attached hydrogen (secondary N) is 2. The van der Waals surface area contributed by atoms with Gasteiger partial charge in [0.1, 0.15) is 23.7 Å². The molecule has 2 N–H and O–H groups in total. The van der Waals surface area contributed by atoms with Crippen LogP contribution in [-0.4, -0.2) is 101 Å². The number of H-pyrrole nitrogens is 2. The van der Waals surface area contributed by atoms with Crippen LogP contribution in [0.3, 0.4) is 0 Å². The number of carbonyl (C=O) groups excluding carboxylic acids is 4.